The number of aromatic carboxylic acids is 1. The second kappa shape index (κ2) is 7.35. The summed E-state index contributed by atoms with van der Waals surface area (Å²) in [5, 5.41) is 13.6. The molecule has 20 heavy (non-hydrogen) atoms. The monoisotopic (exact) mass is 299 g/mol. The summed E-state index contributed by atoms with van der Waals surface area (Å²) in [7, 11) is 0. The van der Waals surface area contributed by atoms with Gasteiger partial charge in [-0.2, -0.15) is 0 Å². The summed E-state index contributed by atoms with van der Waals surface area (Å²) in [6.45, 7) is 5.07. The zero-order valence-electron chi connectivity index (χ0n) is 11.8. The molecule has 0 saturated carbocycles. The number of nitrogens with one attached hydrogen (secondary N) is 1. The Morgan fingerprint density at radius 2 is 2.15 bits per heavy atom. The van der Waals surface area contributed by atoms with E-state index < -0.39 is 5.97 Å². The van der Waals surface area contributed by atoms with Gasteiger partial charge in [-0.25, -0.2) is 9.78 Å². The van der Waals surface area contributed by atoms with E-state index in [0.717, 1.165) is 12.8 Å². The Morgan fingerprint density at radius 3 is 2.70 bits per heavy atom. The van der Waals surface area contributed by atoms with Crippen molar-refractivity contribution in [1.29, 1.82) is 0 Å². The first-order valence-corrected chi connectivity index (χ1v) is 7.36. The highest BCUT2D eigenvalue weighted by Crippen LogP contribution is 2.25. The van der Waals surface area contributed by atoms with Crippen LogP contribution in [-0.2, 0) is 11.3 Å². The van der Waals surface area contributed by atoms with Gasteiger partial charge in [0.15, 0.2) is 5.69 Å². The van der Waals surface area contributed by atoms with Crippen molar-refractivity contribution in [2.24, 2.45) is 11.1 Å². The van der Waals surface area contributed by atoms with Gasteiger partial charge in [-0.1, -0.05) is 13.8 Å². The van der Waals surface area contributed by atoms with E-state index in [1.807, 2.05) is 0 Å². The number of carbonyl (C=O) groups is 2. The van der Waals surface area contributed by atoms with Gasteiger partial charge in [-0.3, -0.25) is 4.79 Å². The lowest BCUT2D eigenvalue weighted by molar-refractivity contribution is -0.121. The van der Waals surface area contributed by atoms with E-state index >= 15 is 0 Å². The number of carboxylic acid groups (broad SMARTS) is 1. The fraction of sp³-hybridized carbons (Fsp3) is 0.615. The molecule has 7 heteroatoms. The molecule has 0 aliphatic carbocycles. The summed E-state index contributed by atoms with van der Waals surface area (Å²) in [5.41, 5.74) is 5.60. The van der Waals surface area contributed by atoms with E-state index in [-0.39, 0.29) is 23.6 Å². The van der Waals surface area contributed by atoms with Crippen LogP contribution in [0.5, 0.6) is 0 Å². The highest BCUT2D eigenvalue weighted by Gasteiger charge is 2.18. The van der Waals surface area contributed by atoms with Crippen LogP contribution in [0, 0.1) is 5.41 Å². The summed E-state index contributed by atoms with van der Waals surface area (Å²) >= 11 is 1.23. The Hall–Kier alpha value is -1.47. The molecule has 0 bridgehead atoms. The maximum Gasteiger partial charge on any atom is 0.355 e. The van der Waals surface area contributed by atoms with E-state index in [0.29, 0.717) is 18.0 Å². The maximum absolute atomic E-state index is 11.7. The van der Waals surface area contributed by atoms with Gasteiger partial charge in [0.2, 0.25) is 5.91 Å². The molecule has 0 atom stereocenters. The van der Waals surface area contributed by atoms with E-state index in [1.165, 1.54) is 16.7 Å². The van der Waals surface area contributed by atoms with Gasteiger partial charge in [-0.15, -0.1) is 11.3 Å². The fourth-order valence-electron chi connectivity index (χ4n) is 1.72. The zero-order valence-corrected chi connectivity index (χ0v) is 12.6. The molecule has 1 rings (SSSR count). The fourth-order valence-corrected chi connectivity index (χ4v) is 2.43. The Balaban J connectivity index is 2.34. The second-order valence-electron chi connectivity index (χ2n) is 5.41. The minimum atomic E-state index is -1.05. The molecule has 1 heterocycles. The van der Waals surface area contributed by atoms with Gasteiger partial charge in [0.05, 0.1) is 6.54 Å². The average Bonchev–Trinajstić information content (AvgIpc) is 2.83. The number of nitrogens with zero attached hydrogens (tertiary/aromatic N) is 1. The molecule has 0 aliphatic heterocycles. The molecule has 112 valence electrons. The number of nitrogens with two attached hydrogens (primary N) is 1. The molecule has 0 radical (unpaired) electrons. The predicted octanol–water partition coefficient (Wildman–Crippen LogP) is 1.61. The number of hydrogen-bond acceptors (Lipinski definition) is 5. The first-order chi connectivity index (χ1) is 9.34. The van der Waals surface area contributed by atoms with Crippen LogP contribution < -0.4 is 11.1 Å². The van der Waals surface area contributed by atoms with Gasteiger partial charge in [0.1, 0.15) is 5.01 Å². The number of carboxylic acids is 1. The Bertz CT molecular complexity index is 471. The van der Waals surface area contributed by atoms with E-state index in [4.69, 9.17) is 10.8 Å². The standard InChI is InChI=1S/C13H21N3O3S/c1-13(2,5-6-14)4-3-10(17)15-7-11-16-9(8-20-11)12(18)19/h8H,3-7,14H2,1-2H3,(H,15,17)(H,18,19). The smallest absolute Gasteiger partial charge is 0.355 e. The molecule has 0 unspecified atom stereocenters. The van der Waals surface area contributed by atoms with Crippen molar-refractivity contribution >= 4 is 23.2 Å². The van der Waals surface area contributed by atoms with Crippen LogP contribution in [0.1, 0.15) is 48.6 Å². The highest BCUT2D eigenvalue weighted by molar-refractivity contribution is 7.09. The third kappa shape index (κ3) is 5.66. The van der Waals surface area contributed by atoms with Crippen LogP contribution in [0.3, 0.4) is 0 Å². The van der Waals surface area contributed by atoms with Gasteiger partial charge < -0.3 is 16.2 Å². The Morgan fingerprint density at radius 1 is 1.45 bits per heavy atom. The van der Waals surface area contributed by atoms with Crippen molar-refractivity contribution in [3.05, 3.63) is 16.1 Å². The predicted molar refractivity (Wildman–Crippen MR) is 77.6 cm³/mol. The quantitative estimate of drug-likeness (QED) is 0.676. The molecule has 0 aliphatic rings. The first-order valence-electron chi connectivity index (χ1n) is 6.48. The number of carbonyl (C=O) groups excluding carboxylic acids is 1. The van der Waals surface area contributed by atoms with Crippen LogP contribution >= 0.6 is 11.3 Å². The average molecular weight is 299 g/mol. The van der Waals surface area contributed by atoms with Crippen molar-refractivity contribution in [2.45, 2.75) is 39.7 Å². The zero-order chi connectivity index (χ0) is 15.2. The van der Waals surface area contributed by atoms with Gasteiger partial charge in [0, 0.05) is 11.8 Å². The SMILES string of the molecule is CC(C)(CCN)CCC(=O)NCc1nc(C(=O)O)cs1. The topological polar surface area (TPSA) is 105 Å². The number of thiazole rings is 1. The highest BCUT2D eigenvalue weighted by atomic mass is 32.1. The summed E-state index contributed by atoms with van der Waals surface area (Å²) in [6, 6.07) is 0. The molecule has 4 N–H and O–H groups in total. The lowest BCUT2D eigenvalue weighted by Crippen LogP contribution is -2.25. The molecular weight excluding hydrogens is 278 g/mol. The molecule has 0 saturated heterocycles. The third-order valence-electron chi connectivity index (χ3n) is 3.06. The summed E-state index contributed by atoms with van der Waals surface area (Å²) in [6.07, 6.45) is 2.09. The Labute approximate surface area is 122 Å². The van der Waals surface area contributed by atoms with Crippen LogP contribution in [0.25, 0.3) is 0 Å². The number of hydrogen-bond donors (Lipinski definition) is 3. The van der Waals surface area contributed by atoms with Crippen LogP contribution in [0.4, 0.5) is 0 Å². The lowest BCUT2D eigenvalue weighted by Gasteiger charge is -2.23. The summed E-state index contributed by atoms with van der Waals surface area (Å²) in [4.78, 5) is 26.3. The van der Waals surface area contributed by atoms with Gasteiger partial charge in [-0.05, 0) is 24.8 Å². The van der Waals surface area contributed by atoms with Crippen molar-refractivity contribution in [3.8, 4) is 0 Å². The minimum absolute atomic E-state index is 0.0170. The molecule has 1 amide bonds. The van der Waals surface area contributed by atoms with E-state index in [1.54, 1.807) is 0 Å². The number of aromatic nitrogens is 1. The van der Waals surface area contributed by atoms with Crippen molar-refractivity contribution in [2.75, 3.05) is 6.54 Å². The summed E-state index contributed by atoms with van der Waals surface area (Å²) in [5.74, 6) is -1.11. The molecule has 0 aromatic carbocycles. The van der Waals surface area contributed by atoms with Crippen molar-refractivity contribution < 1.29 is 14.7 Å². The molecule has 0 fully saturated rings. The number of amides is 1. The van der Waals surface area contributed by atoms with Gasteiger partial charge >= 0.3 is 5.97 Å². The first kappa shape index (κ1) is 16.6. The lowest BCUT2D eigenvalue weighted by atomic mass is 9.84. The second-order valence-corrected chi connectivity index (χ2v) is 6.35. The normalized spacial score (nSPS) is 11.3. The Kier molecular flexibility index (Phi) is 6.09. The molecule has 1 aromatic heterocycles. The number of rotatable bonds is 8. The van der Waals surface area contributed by atoms with Crippen molar-refractivity contribution in [3.63, 3.8) is 0 Å². The van der Waals surface area contributed by atoms with Crippen molar-refractivity contribution in [1.82, 2.24) is 10.3 Å². The molecule has 0 spiro atoms. The van der Waals surface area contributed by atoms with Gasteiger partial charge in [0.25, 0.3) is 0 Å². The summed E-state index contributed by atoms with van der Waals surface area (Å²) < 4.78 is 0. The van der Waals surface area contributed by atoms with Crippen LogP contribution in [0.2, 0.25) is 0 Å². The van der Waals surface area contributed by atoms with Crippen LogP contribution in [-0.4, -0.2) is 28.5 Å². The molecule has 6 nitrogen and oxygen atoms in total. The largest absolute Gasteiger partial charge is 0.476 e. The third-order valence-corrected chi connectivity index (χ3v) is 3.91. The minimum Gasteiger partial charge on any atom is -0.476 e. The van der Waals surface area contributed by atoms with E-state index in [2.05, 4.69) is 24.1 Å². The maximum atomic E-state index is 11.7. The van der Waals surface area contributed by atoms with Crippen LogP contribution in [0.15, 0.2) is 5.38 Å². The molecule has 1 aromatic rings. The molecular formula is C13H21N3O3S. The van der Waals surface area contributed by atoms with E-state index in [9.17, 15) is 9.59 Å².